The van der Waals surface area contributed by atoms with E-state index in [9.17, 15) is 13.2 Å². The van der Waals surface area contributed by atoms with Crippen molar-refractivity contribution in [2.45, 2.75) is 45.4 Å². The Bertz CT molecular complexity index is 1430. The molecule has 206 valence electrons. The highest BCUT2D eigenvalue weighted by Gasteiger charge is 2.23. The number of methoxy groups -OCH3 is 1. The zero-order chi connectivity index (χ0) is 27.7. The smallest absolute Gasteiger partial charge is 0.418 e. The van der Waals surface area contributed by atoms with Gasteiger partial charge in [0, 0.05) is 18.5 Å². The van der Waals surface area contributed by atoms with Gasteiger partial charge in [0.1, 0.15) is 0 Å². The molecule has 1 aromatic heterocycles. The maximum atomic E-state index is 13.1. The van der Waals surface area contributed by atoms with Gasteiger partial charge in [-0.25, -0.2) is 13.2 Å². The number of benzene rings is 2. The third kappa shape index (κ3) is 6.42. The molecule has 2 heterocycles. The van der Waals surface area contributed by atoms with Gasteiger partial charge in [-0.15, -0.1) is 0 Å². The minimum Gasteiger partial charge on any atom is -0.492 e. The van der Waals surface area contributed by atoms with Crippen LogP contribution in [-0.2, 0) is 28.9 Å². The van der Waals surface area contributed by atoms with Gasteiger partial charge in [0.25, 0.3) is 0 Å². The number of carbonyl (C=O) groups excluding carboxylic acids is 1. The van der Waals surface area contributed by atoms with Gasteiger partial charge >= 0.3 is 6.09 Å². The number of carbonyl (C=O) groups is 1. The summed E-state index contributed by atoms with van der Waals surface area (Å²) in [6, 6.07) is 11.6. The lowest BCUT2D eigenvalue weighted by Gasteiger charge is -2.24. The van der Waals surface area contributed by atoms with E-state index in [2.05, 4.69) is 21.4 Å². The number of nitrogens with one attached hydrogen (secondary N) is 3. The summed E-state index contributed by atoms with van der Waals surface area (Å²) < 4.78 is 39.6. The molecule has 0 spiro atoms. The van der Waals surface area contributed by atoms with E-state index in [1.807, 2.05) is 50.6 Å². The van der Waals surface area contributed by atoms with Crippen molar-refractivity contribution in [1.82, 2.24) is 9.88 Å². The van der Waals surface area contributed by atoms with Gasteiger partial charge in [-0.05, 0) is 66.9 Å². The Balaban J connectivity index is 1.62. The van der Waals surface area contributed by atoms with Crippen LogP contribution in [0.1, 0.15) is 44.7 Å². The molecule has 9 nitrogen and oxygen atoms in total. The molecule has 1 saturated heterocycles. The topological polar surface area (TPSA) is 111 Å². The highest BCUT2D eigenvalue weighted by atomic mass is 32.2. The Morgan fingerprint density at radius 1 is 1.13 bits per heavy atom. The molecule has 1 aliphatic rings. The van der Waals surface area contributed by atoms with E-state index in [-0.39, 0.29) is 16.9 Å². The number of aryl methyl sites for hydroxylation is 1. The lowest BCUT2D eigenvalue weighted by Crippen LogP contribution is -2.28. The molecule has 3 aromatic rings. The summed E-state index contributed by atoms with van der Waals surface area (Å²) in [7, 11) is -0.267. The molecule has 38 heavy (non-hydrogen) atoms. The number of nitrogens with zero attached hydrogens (tertiary/aromatic N) is 1. The summed E-state index contributed by atoms with van der Waals surface area (Å²) >= 11 is 0. The lowest BCUT2D eigenvalue weighted by molar-refractivity contribution is 0.212. The van der Waals surface area contributed by atoms with Crippen LogP contribution < -0.4 is 24.8 Å². The van der Waals surface area contributed by atoms with Crippen molar-refractivity contribution in [2.24, 2.45) is 13.0 Å². The minimum atomic E-state index is -3.58. The first kappa shape index (κ1) is 27.8. The summed E-state index contributed by atoms with van der Waals surface area (Å²) in [5.41, 5.74) is 3.34. The van der Waals surface area contributed by atoms with Crippen molar-refractivity contribution in [2.75, 3.05) is 36.5 Å². The predicted octanol–water partition coefficient (Wildman–Crippen LogP) is 5.01. The second kappa shape index (κ2) is 10.9. The van der Waals surface area contributed by atoms with Gasteiger partial charge in [-0.2, -0.15) is 0 Å². The fourth-order valence-electron chi connectivity index (χ4n) is 5.02. The number of fused-ring (bicyclic) bond motifs is 1. The number of amides is 1. The van der Waals surface area contributed by atoms with Crippen LogP contribution in [-0.4, -0.2) is 45.5 Å². The maximum absolute atomic E-state index is 13.1. The van der Waals surface area contributed by atoms with Gasteiger partial charge in [-0.1, -0.05) is 39.0 Å². The molecule has 0 atom stereocenters. The number of aromatic nitrogens is 1. The first-order chi connectivity index (χ1) is 17.9. The third-order valence-corrected chi connectivity index (χ3v) is 7.54. The molecule has 1 aliphatic heterocycles. The monoisotopic (exact) mass is 542 g/mol. The quantitative estimate of drug-likeness (QED) is 0.387. The molecule has 0 bridgehead atoms. The summed E-state index contributed by atoms with van der Waals surface area (Å²) in [6.45, 7) is 8.08. The number of rotatable bonds is 7. The number of anilines is 2. The van der Waals surface area contributed by atoms with Crippen LogP contribution >= 0.6 is 0 Å². The first-order valence-corrected chi connectivity index (χ1v) is 14.7. The second-order valence-electron chi connectivity index (χ2n) is 11.0. The van der Waals surface area contributed by atoms with Crippen molar-refractivity contribution >= 4 is 38.4 Å². The van der Waals surface area contributed by atoms with Crippen LogP contribution in [0.3, 0.4) is 0 Å². The predicted molar refractivity (Wildman–Crippen MR) is 152 cm³/mol. The van der Waals surface area contributed by atoms with Crippen molar-refractivity contribution in [3.8, 4) is 11.6 Å². The Labute approximate surface area is 224 Å². The summed E-state index contributed by atoms with van der Waals surface area (Å²) in [4.78, 5) is 13.1. The number of ether oxygens (including phenoxy) is 2. The summed E-state index contributed by atoms with van der Waals surface area (Å²) in [5.74, 6) is 1.24. The minimum absolute atomic E-state index is 0.196. The number of hydrogen-bond donors (Lipinski definition) is 3. The van der Waals surface area contributed by atoms with E-state index in [0.717, 1.165) is 55.1 Å². The lowest BCUT2D eigenvalue weighted by atomic mass is 9.86. The summed E-state index contributed by atoms with van der Waals surface area (Å²) in [6.07, 6.45) is 3.65. The molecule has 3 N–H and O–H groups in total. The standard InChI is InChI=1S/C28H38N4O5S/c1-28(2,3)21-16-22(26(36-5)23(17-21)31-38(6,34)35)30-27(33)37-24-15-20-9-7-8-19(25(20)32(24)4)14-18-10-12-29-13-11-18/h7-9,15-18,29,31H,10-14H2,1-6H3,(H,30,33). The molecular weight excluding hydrogens is 504 g/mol. The molecule has 0 unspecified atom stereocenters. The van der Waals surface area contributed by atoms with E-state index >= 15 is 0 Å². The van der Waals surface area contributed by atoms with Crippen LogP contribution in [0, 0.1) is 5.92 Å². The third-order valence-electron chi connectivity index (χ3n) is 6.95. The molecule has 0 aliphatic carbocycles. The number of hydrogen-bond acceptors (Lipinski definition) is 6. The summed E-state index contributed by atoms with van der Waals surface area (Å²) in [5, 5.41) is 7.18. The van der Waals surface area contributed by atoms with E-state index < -0.39 is 16.1 Å². The zero-order valence-electron chi connectivity index (χ0n) is 23.0. The van der Waals surface area contributed by atoms with Gasteiger partial charge in [0.05, 0.1) is 30.3 Å². The van der Waals surface area contributed by atoms with Gasteiger partial charge in [-0.3, -0.25) is 10.0 Å². The fraction of sp³-hybridized carbons (Fsp3) is 0.464. The van der Waals surface area contributed by atoms with Crippen molar-refractivity contribution in [3.63, 3.8) is 0 Å². The molecule has 1 amide bonds. The number of sulfonamides is 1. The van der Waals surface area contributed by atoms with Crippen LogP contribution in [0.25, 0.3) is 10.9 Å². The number of piperidine rings is 1. The molecule has 0 saturated carbocycles. The highest BCUT2D eigenvalue weighted by molar-refractivity contribution is 7.92. The molecule has 4 rings (SSSR count). The van der Waals surface area contributed by atoms with Gasteiger partial charge < -0.3 is 19.4 Å². The normalized spacial score (nSPS) is 14.9. The van der Waals surface area contributed by atoms with Crippen molar-refractivity contribution in [1.29, 1.82) is 0 Å². The molecule has 10 heteroatoms. The highest BCUT2D eigenvalue weighted by Crippen LogP contribution is 2.39. The molecule has 2 aromatic carbocycles. The van der Waals surface area contributed by atoms with Crippen LogP contribution in [0.15, 0.2) is 36.4 Å². The first-order valence-electron chi connectivity index (χ1n) is 12.8. The van der Waals surface area contributed by atoms with E-state index in [4.69, 9.17) is 9.47 Å². The van der Waals surface area contributed by atoms with Crippen molar-refractivity contribution < 1.29 is 22.7 Å². The Morgan fingerprint density at radius 2 is 1.82 bits per heavy atom. The molecule has 0 radical (unpaired) electrons. The largest absolute Gasteiger partial charge is 0.492 e. The zero-order valence-corrected chi connectivity index (χ0v) is 23.8. The second-order valence-corrected chi connectivity index (χ2v) is 12.8. The Kier molecular flexibility index (Phi) is 7.94. The molecular formula is C28H38N4O5S. The van der Waals surface area contributed by atoms with Crippen LogP contribution in [0.2, 0.25) is 0 Å². The van der Waals surface area contributed by atoms with E-state index in [0.29, 0.717) is 17.5 Å². The van der Waals surface area contributed by atoms with Crippen LogP contribution in [0.4, 0.5) is 16.2 Å². The van der Waals surface area contributed by atoms with E-state index in [1.165, 1.54) is 12.7 Å². The maximum Gasteiger partial charge on any atom is 0.418 e. The fourth-order valence-corrected chi connectivity index (χ4v) is 5.57. The van der Waals surface area contributed by atoms with Crippen molar-refractivity contribution in [3.05, 3.63) is 47.5 Å². The average molecular weight is 543 g/mol. The number of para-hydroxylation sites is 1. The SMILES string of the molecule is COc1c(NC(=O)Oc2cc3cccc(CC4CCNCC4)c3n2C)cc(C(C)(C)C)cc1NS(C)(=O)=O. The Hall–Kier alpha value is -3.24. The van der Waals surface area contributed by atoms with Gasteiger partial charge in [0.2, 0.25) is 15.9 Å². The molecule has 1 fully saturated rings. The Morgan fingerprint density at radius 3 is 2.45 bits per heavy atom. The van der Waals surface area contributed by atoms with Gasteiger partial charge in [0.15, 0.2) is 5.75 Å². The van der Waals surface area contributed by atoms with E-state index in [1.54, 1.807) is 12.1 Å². The van der Waals surface area contributed by atoms with Crippen LogP contribution in [0.5, 0.6) is 11.6 Å². The average Bonchev–Trinajstić information content (AvgIpc) is 3.14.